The molecule has 1 unspecified atom stereocenters. The van der Waals surface area contributed by atoms with E-state index in [2.05, 4.69) is 43.0 Å². The number of hydrogen-bond acceptors (Lipinski definition) is 3. The molecule has 0 aliphatic rings. The summed E-state index contributed by atoms with van der Waals surface area (Å²) in [7, 11) is 0. The summed E-state index contributed by atoms with van der Waals surface area (Å²) in [6, 6.07) is 0. The number of nitrogens with zero attached hydrogens (tertiary/aromatic N) is 2. The normalized spacial score (nSPS) is 12.8. The molecule has 1 rings (SSSR count). The molecule has 0 fully saturated rings. The average Bonchev–Trinajstić information content (AvgIpc) is 2.16. The smallest absolute Gasteiger partial charge is 0.125 e. The van der Waals surface area contributed by atoms with Crippen molar-refractivity contribution in [1.29, 1.82) is 0 Å². The molecule has 0 spiro atoms. The highest BCUT2D eigenvalue weighted by Gasteiger charge is 2.13. The molecule has 0 aliphatic heterocycles. The van der Waals surface area contributed by atoms with Crippen LogP contribution in [-0.4, -0.2) is 23.1 Å². The molecule has 1 aromatic rings. The quantitative estimate of drug-likeness (QED) is 0.776. The third-order valence-corrected chi connectivity index (χ3v) is 2.81. The maximum atomic E-state index is 4.44. The van der Waals surface area contributed by atoms with Gasteiger partial charge in [0.2, 0.25) is 0 Å². The minimum atomic E-state index is 0.479. The minimum Gasteiger partial charge on any atom is -0.316 e. The van der Waals surface area contributed by atoms with Gasteiger partial charge in [-0.1, -0.05) is 13.8 Å². The van der Waals surface area contributed by atoms with Gasteiger partial charge in [0, 0.05) is 17.9 Å². The Morgan fingerprint density at radius 2 is 1.69 bits per heavy atom. The maximum Gasteiger partial charge on any atom is 0.125 e. The zero-order chi connectivity index (χ0) is 12.1. The summed E-state index contributed by atoms with van der Waals surface area (Å²) in [6.07, 6.45) is 1.18. The van der Waals surface area contributed by atoms with Gasteiger partial charge in [0.15, 0.2) is 0 Å². The molecule has 0 amide bonds. The molecule has 0 aromatic carbocycles. The predicted octanol–water partition coefficient (Wildman–Crippen LogP) is 2.50. The predicted molar refractivity (Wildman–Crippen MR) is 67.8 cm³/mol. The van der Waals surface area contributed by atoms with Crippen LogP contribution in [0.4, 0.5) is 0 Å². The van der Waals surface area contributed by atoms with Gasteiger partial charge in [-0.3, -0.25) is 0 Å². The standard InChI is InChI=1S/C13H23N3/c1-6-7-14-8-9(2)13-10(3)15-12(5)16-11(13)4/h9,14H,6-8H2,1-5H3. The molecule has 1 atom stereocenters. The fourth-order valence-electron chi connectivity index (χ4n) is 2.20. The van der Waals surface area contributed by atoms with E-state index in [1.807, 2.05) is 6.92 Å². The highest BCUT2D eigenvalue weighted by Crippen LogP contribution is 2.20. The van der Waals surface area contributed by atoms with E-state index in [0.29, 0.717) is 5.92 Å². The van der Waals surface area contributed by atoms with Gasteiger partial charge in [0.25, 0.3) is 0 Å². The van der Waals surface area contributed by atoms with E-state index in [1.54, 1.807) is 0 Å². The summed E-state index contributed by atoms with van der Waals surface area (Å²) in [6.45, 7) is 12.6. The Labute approximate surface area is 98.7 Å². The molecule has 1 N–H and O–H groups in total. The first kappa shape index (κ1) is 13.1. The number of aromatic nitrogens is 2. The lowest BCUT2D eigenvalue weighted by Gasteiger charge is -2.17. The van der Waals surface area contributed by atoms with Gasteiger partial charge in [-0.25, -0.2) is 9.97 Å². The molecule has 3 heteroatoms. The van der Waals surface area contributed by atoms with Crippen LogP contribution in [0, 0.1) is 20.8 Å². The second-order valence-electron chi connectivity index (χ2n) is 4.46. The van der Waals surface area contributed by atoms with Gasteiger partial charge in [-0.2, -0.15) is 0 Å². The molecular formula is C13H23N3. The highest BCUT2D eigenvalue weighted by molar-refractivity contribution is 5.28. The van der Waals surface area contributed by atoms with Crippen LogP contribution in [0.25, 0.3) is 0 Å². The molecule has 90 valence electrons. The number of nitrogens with one attached hydrogen (secondary N) is 1. The van der Waals surface area contributed by atoms with E-state index in [9.17, 15) is 0 Å². The number of aryl methyl sites for hydroxylation is 3. The minimum absolute atomic E-state index is 0.479. The first-order valence-corrected chi connectivity index (χ1v) is 6.08. The maximum absolute atomic E-state index is 4.44. The van der Waals surface area contributed by atoms with E-state index in [4.69, 9.17) is 0 Å². The van der Waals surface area contributed by atoms with Crippen molar-refractivity contribution < 1.29 is 0 Å². The first-order valence-electron chi connectivity index (χ1n) is 6.08. The van der Waals surface area contributed by atoms with Gasteiger partial charge in [0.05, 0.1) is 0 Å². The summed E-state index contributed by atoms with van der Waals surface area (Å²) in [5, 5.41) is 3.45. The molecule has 3 nitrogen and oxygen atoms in total. The monoisotopic (exact) mass is 221 g/mol. The summed E-state index contributed by atoms with van der Waals surface area (Å²) < 4.78 is 0. The van der Waals surface area contributed by atoms with E-state index in [-0.39, 0.29) is 0 Å². The van der Waals surface area contributed by atoms with Crippen molar-refractivity contribution in [2.75, 3.05) is 13.1 Å². The molecular weight excluding hydrogens is 198 g/mol. The Balaban J connectivity index is 2.78. The van der Waals surface area contributed by atoms with Crippen LogP contribution in [0.1, 0.15) is 49.0 Å². The second-order valence-corrected chi connectivity index (χ2v) is 4.46. The zero-order valence-electron chi connectivity index (χ0n) is 11.1. The third-order valence-electron chi connectivity index (χ3n) is 2.81. The molecule has 0 radical (unpaired) electrons. The van der Waals surface area contributed by atoms with Crippen molar-refractivity contribution in [1.82, 2.24) is 15.3 Å². The third kappa shape index (κ3) is 3.27. The summed E-state index contributed by atoms with van der Waals surface area (Å²) >= 11 is 0. The Bertz CT molecular complexity index is 324. The molecule has 1 heterocycles. The highest BCUT2D eigenvalue weighted by atomic mass is 14.9. The molecule has 0 aliphatic carbocycles. The average molecular weight is 221 g/mol. The molecule has 0 saturated heterocycles. The SMILES string of the molecule is CCCNCC(C)c1c(C)nc(C)nc1C. The molecule has 0 bridgehead atoms. The topological polar surface area (TPSA) is 37.8 Å². The Morgan fingerprint density at radius 1 is 1.12 bits per heavy atom. The van der Waals surface area contributed by atoms with E-state index in [1.165, 1.54) is 12.0 Å². The van der Waals surface area contributed by atoms with Crippen molar-refractivity contribution in [3.63, 3.8) is 0 Å². The van der Waals surface area contributed by atoms with Crippen LogP contribution in [0.2, 0.25) is 0 Å². The van der Waals surface area contributed by atoms with Crippen molar-refractivity contribution in [3.8, 4) is 0 Å². The largest absolute Gasteiger partial charge is 0.316 e. The molecule has 16 heavy (non-hydrogen) atoms. The molecule has 0 saturated carbocycles. The van der Waals surface area contributed by atoms with Gasteiger partial charge in [-0.15, -0.1) is 0 Å². The fraction of sp³-hybridized carbons (Fsp3) is 0.692. The summed E-state index contributed by atoms with van der Waals surface area (Å²) in [4.78, 5) is 8.89. The van der Waals surface area contributed by atoms with E-state index >= 15 is 0 Å². The Kier molecular flexibility index (Phi) is 4.87. The van der Waals surface area contributed by atoms with E-state index < -0.39 is 0 Å². The van der Waals surface area contributed by atoms with Gasteiger partial charge in [0.1, 0.15) is 5.82 Å². The van der Waals surface area contributed by atoms with Crippen molar-refractivity contribution in [2.45, 2.75) is 47.0 Å². The number of hydrogen-bond donors (Lipinski definition) is 1. The lowest BCUT2D eigenvalue weighted by atomic mass is 9.98. The Morgan fingerprint density at radius 3 is 2.19 bits per heavy atom. The van der Waals surface area contributed by atoms with Crippen LogP contribution >= 0.6 is 0 Å². The van der Waals surface area contributed by atoms with Crippen LogP contribution < -0.4 is 5.32 Å². The Hall–Kier alpha value is -0.960. The lowest BCUT2D eigenvalue weighted by Crippen LogP contribution is -2.22. The van der Waals surface area contributed by atoms with Crippen LogP contribution in [-0.2, 0) is 0 Å². The van der Waals surface area contributed by atoms with Crippen LogP contribution in [0.15, 0.2) is 0 Å². The summed E-state index contributed by atoms with van der Waals surface area (Å²) in [5.74, 6) is 1.35. The van der Waals surface area contributed by atoms with Gasteiger partial charge >= 0.3 is 0 Å². The van der Waals surface area contributed by atoms with E-state index in [0.717, 1.165) is 30.3 Å². The van der Waals surface area contributed by atoms with Crippen molar-refractivity contribution >= 4 is 0 Å². The lowest BCUT2D eigenvalue weighted by molar-refractivity contribution is 0.600. The van der Waals surface area contributed by atoms with Crippen LogP contribution in [0.5, 0.6) is 0 Å². The number of rotatable bonds is 5. The van der Waals surface area contributed by atoms with Crippen molar-refractivity contribution in [2.24, 2.45) is 0 Å². The fourth-order valence-corrected chi connectivity index (χ4v) is 2.20. The van der Waals surface area contributed by atoms with Crippen molar-refractivity contribution in [3.05, 3.63) is 22.8 Å². The van der Waals surface area contributed by atoms with Gasteiger partial charge in [-0.05, 0) is 45.2 Å². The zero-order valence-corrected chi connectivity index (χ0v) is 11.1. The first-order chi connectivity index (χ1) is 7.56. The summed E-state index contributed by atoms with van der Waals surface area (Å²) in [5.41, 5.74) is 3.54. The van der Waals surface area contributed by atoms with Gasteiger partial charge < -0.3 is 5.32 Å². The van der Waals surface area contributed by atoms with Crippen LogP contribution in [0.3, 0.4) is 0 Å². The molecule has 1 aromatic heterocycles. The second kappa shape index (κ2) is 5.94.